The number of nitrogens with zero attached hydrogens (tertiary/aromatic N) is 3. The van der Waals surface area contributed by atoms with Crippen molar-refractivity contribution in [3.63, 3.8) is 0 Å². The molecule has 116 valence electrons. The molecule has 1 amide bonds. The van der Waals surface area contributed by atoms with E-state index in [4.69, 9.17) is 4.74 Å². The molecule has 1 aliphatic heterocycles. The van der Waals surface area contributed by atoms with Crippen LogP contribution >= 0.6 is 0 Å². The predicted octanol–water partition coefficient (Wildman–Crippen LogP) is 2.42. The zero-order chi connectivity index (χ0) is 15.6. The minimum Gasteiger partial charge on any atom is -0.444 e. The number of pyridine rings is 1. The number of carbonyl (C=O) groups is 1. The van der Waals surface area contributed by atoms with Crippen LogP contribution in [0.1, 0.15) is 20.8 Å². The average molecular weight is 299 g/mol. The summed E-state index contributed by atoms with van der Waals surface area (Å²) in [5, 5.41) is 0. The lowest BCUT2D eigenvalue weighted by Crippen LogP contribution is -2.50. The molecule has 0 bridgehead atoms. The first-order chi connectivity index (χ1) is 9.76. The maximum Gasteiger partial charge on any atom is 0.410 e. The van der Waals surface area contributed by atoms with Gasteiger partial charge in [-0.1, -0.05) is 0 Å². The molecule has 1 saturated heterocycles. The van der Waals surface area contributed by atoms with Gasteiger partial charge in [0.25, 0.3) is 0 Å². The molecular weight excluding hydrogens is 280 g/mol. The highest BCUT2D eigenvalue weighted by Crippen LogP contribution is 2.19. The molecule has 1 aromatic rings. The summed E-state index contributed by atoms with van der Waals surface area (Å²) in [6.07, 6.45) is -0.394. The van der Waals surface area contributed by atoms with Crippen molar-refractivity contribution in [3.05, 3.63) is 23.9 Å². The minimum absolute atomic E-state index is 0.0150. The molecule has 1 fully saturated rings. The zero-order valence-corrected chi connectivity index (χ0v) is 12.4. The predicted molar refractivity (Wildman–Crippen MR) is 74.2 cm³/mol. The number of anilines is 1. The Labute approximate surface area is 122 Å². The van der Waals surface area contributed by atoms with Gasteiger partial charge in [0.1, 0.15) is 5.60 Å². The molecule has 0 spiro atoms. The highest BCUT2D eigenvalue weighted by molar-refractivity contribution is 5.68. The van der Waals surface area contributed by atoms with E-state index in [9.17, 15) is 13.6 Å². The van der Waals surface area contributed by atoms with Crippen LogP contribution in [-0.4, -0.2) is 47.8 Å². The van der Waals surface area contributed by atoms with Gasteiger partial charge < -0.3 is 14.5 Å². The summed E-state index contributed by atoms with van der Waals surface area (Å²) >= 11 is 0. The number of amides is 1. The van der Waals surface area contributed by atoms with Gasteiger partial charge in [-0.25, -0.2) is 9.18 Å². The molecule has 0 radical (unpaired) electrons. The Morgan fingerprint density at radius 1 is 1.19 bits per heavy atom. The lowest BCUT2D eigenvalue weighted by atomic mass is 10.2. The van der Waals surface area contributed by atoms with E-state index in [0.29, 0.717) is 26.2 Å². The summed E-state index contributed by atoms with van der Waals surface area (Å²) < 4.78 is 32.0. The van der Waals surface area contributed by atoms with E-state index < -0.39 is 23.5 Å². The van der Waals surface area contributed by atoms with Crippen molar-refractivity contribution in [1.29, 1.82) is 0 Å². The van der Waals surface area contributed by atoms with E-state index in [2.05, 4.69) is 4.98 Å². The Balaban J connectivity index is 1.97. The standard InChI is InChI=1S/C14H19F2N3O2/c1-14(2,3)21-13(20)19-8-6-18(7-9-19)12-10(15)4-5-11(16)17-12/h4-5H,6-9H2,1-3H3. The molecule has 7 heteroatoms. The molecule has 1 aliphatic rings. The van der Waals surface area contributed by atoms with E-state index >= 15 is 0 Å². The fourth-order valence-electron chi connectivity index (χ4n) is 2.06. The van der Waals surface area contributed by atoms with Gasteiger partial charge in [-0.15, -0.1) is 0 Å². The molecule has 0 unspecified atom stereocenters. The van der Waals surface area contributed by atoms with Crippen LogP contribution in [0, 0.1) is 11.8 Å². The fourth-order valence-corrected chi connectivity index (χ4v) is 2.06. The Morgan fingerprint density at radius 2 is 1.81 bits per heavy atom. The largest absolute Gasteiger partial charge is 0.444 e. The number of aromatic nitrogens is 1. The van der Waals surface area contributed by atoms with Gasteiger partial charge in [-0.2, -0.15) is 9.37 Å². The second-order valence-electron chi connectivity index (χ2n) is 5.89. The molecular formula is C14H19F2N3O2. The van der Waals surface area contributed by atoms with Crippen LogP contribution in [0.4, 0.5) is 19.4 Å². The van der Waals surface area contributed by atoms with Crippen LogP contribution < -0.4 is 4.90 Å². The van der Waals surface area contributed by atoms with Crippen LogP contribution in [0.2, 0.25) is 0 Å². The summed E-state index contributed by atoms with van der Waals surface area (Å²) in [7, 11) is 0. The Morgan fingerprint density at radius 3 is 2.38 bits per heavy atom. The third kappa shape index (κ3) is 4.03. The first kappa shape index (κ1) is 15.5. The number of halogens is 2. The highest BCUT2D eigenvalue weighted by atomic mass is 19.1. The quantitative estimate of drug-likeness (QED) is 0.747. The van der Waals surface area contributed by atoms with Crippen molar-refractivity contribution < 1.29 is 18.3 Å². The van der Waals surface area contributed by atoms with E-state index in [0.717, 1.165) is 12.1 Å². The number of rotatable bonds is 1. The topological polar surface area (TPSA) is 45.7 Å². The summed E-state index contributed by atoms with van der Waals surface area (Å²) in [4.78, 5) is 18.7. The lowest BCUT2D eigenvalue weighted by Gasteiger charge is -2.36. The summed E-state index contributed by atoms with van der Waals surface area (Å²) in [5.74, 6) is -1.30. The van der Waals surface area contributed by atoms with Crippen molar-refractivity contribution >= 4 is 11.9 Å². The van der Waals surface area contributed by atoms with Crippen LogP contribution in [0.25, 0.3) is 0 Å². The van der Waals surface area contributed by atoms with E-state index in [1.54, 1.807) is 30.6 Å². The average Bonchev–Trinajstić information content (AvgIpc) is 2.40. The van der Waals surface area contributed by atoms with Crippen molar-refractivity contribution in [1.82, 2.24) is 9.88 Å². The van der Waals surface area contributed by atoms with Crippen molar-refractivity contribution in [2.24, 2.45) is 0 Å². The van der Waals surface area contributed by atoms with Gasteiger partial charge in [0.2, 0.25) is 5.95 Å². The molecule has 21 heavy (non-hydrogen) atoms. The van der Waals surface area contributed by atoms with Crippen molar-refractivity contribution in [2.45, 2.75) is 26.4 Å². The summed E-state index contributed by atoms with van der Waals surface area (Å²) in [5.41, 5.74) is -0.551. The molecule has 0 saturated carbocycles. The monoisotopic (exact) mass is 299 g/mol. The third-order valence-corrected chi connectivity index (χ3v) is 3.02. The van der Waals surface area contributed by atoms with Crippen LogP contribution in [0.3, 0.4) is 0 Å². The normalized spacial score (nSPS) is 16.0. The van der Waals surface area contributed by atoms with Crippen LogP contribution in [0.15, 0.2) is 12.1 Å². The Kier molecular flexibility index (Phi) is 4.29. The van der Waals surface area contributed by atoms with Crippen molar-refractivity contribution in [2.75, 3.05) is 31.1 Å². The third-order valence-electron chi connectivity index (χ3n) is 3.02. The Bertz CT molecular complexity index is 523. The van der Waals surface area contributed by atoms with Gasteiger partial charge in [0, 0.05) is 26.2 Å². The zero-order valence-electron chi connectivity index (χ0n) is 12.4. The first-order valence-corrected chi connectivity index (χ1v) is 6.81. The number of hydrogen-bond donors (Lipinski definition) is 0. The number of carbonyl (C=O) groups excluding carboxylic acids is 1. The lowest BCUT2D eigenvalue weighted by molar-refractivity contribution is 0.0240. The van der Waals surface area contributed by atoms with Crippen LogP contribution in [0.5, 0.6) is 0 Å². The van der Waals surface area contributed by atoms with Gasteiger partial charge in [0.05, 0.1) is 0 Å². The smallest absolute Gasteiger partial charge is 0.410 e. The molecule has 2 heterocycles. The maximum atomic E-state index is 13.7. The van der Waals surface area contributed by atoms with E-state index in [-0.39, 0.29) is 5.82 Å². The van der Waals surface area contributed by atoms with Gasteiger partial charge in [-0.3, -0.25) is 0 Å². The SMILES string of the molecule is CC(C)(C)OC(=O)N1CCN(c2nc(F)ccc2F)CC1. The highest BCUT2D eigenvalue weighted by Gasteiger charge is 2.27. The second kappa shape index (κ2) is 5.83. The van der Waals surface area contributed by atoms with Gasteiger partial charge >= 0.3 is 6.09 Å². The summed E-state index contributed by atoms with van der Waals surface area (Å²) in [6, 6.07) is 2.04. The molecule has 0 atom stereocenters. The number of ether oxygens (including phenoxy) is 1. The Hall–Kier alpha value is -1.92. The van der Waals surface area contributed by atoms with Crippen LogP contribution in [-0.2, 0) is 4.74 Å². The molecule has 1 aromatic heterocycles. The second-order valence-corrected chi connectivity index (χ2v) is 5.89. The van der Waals surface area contributed by atoms with Gasteiger partial charge in [-0.05, 0) is 32.9 Å². The van der Waals surface area contributed by atoms with E-state index in [1.165, 1.54) is 0 Å². The van der Waals surface area contributed by atoms with E-state index in [1.807, 2.05) is 0 Å². The molecule has 0 N–H and O–H groups in total. The molecule has 0 aliphatic carbocycles. The maximum absolute atomic E-state index is 13.7. The van der Waals surface area contributed by atoms with Gasteiger partial charge in [0.15, 0.2) is 11.6 Å². The number of hydrogen-bond acceptors (Lipinski definition) is 4. The summed E-state index contributed by atoms with van der Waals surface area (Å²) in [6.45, 7) is 6.92. The first-order valence-electron chi connectivity index (χ1n) is 6.81. The fraction of sp³-hybridized carbons (Fsp3) is 0.571. The molecule has 5 nitrogen and oxygen atoms in total. The molecule has 2 rings (SSSR count). The van der Waals surface area contributed by atoms with Crippen molar-refractivity contribution in [3.8, 4) is 0 Å². The molecule has 0 aromatic carbocycles. The minimum atomic E-state index is -0.721. The number of piperazine rings is 1.